The van der Waals surface area contributed by atoms with Gasteiger partial charge in [0.15, 0.2) is 0 Å². The van der Waals surface area contributed by atoms with Gasteiger partial charge in [0.05, 0.1) is 7.11 Å². The maximum atomic E-state index is 12.2. The first-order valence-electron chi connectivity index (χ1n) is 8.11. The lowest BCUT2D eigenvalue weighted by molar-refractivity contribution is -0.112. The lowest BCUT2D eigenvalue weighted by Crippen LogP contribution is -2.18. The van der Waals surface area contributed by atoms with Gasteiger partial charge in [-0.05, 0) is 48.7 Å². The number of aryl methyl sites for hydroxylation is 1. The second kappa shape index (κ2) is 9.14. The molecule has 1 amide bonds. The summed E-state index contributed by atoms with van der Waals surface area (Å²) in [4.78, 5) is 12.2. The van der Waals surface area contributed by atoms with E-state index >= 15 is 0 Å². The number of benzene rings is 2. The van der Waals surface area contributed by atoms with Gasteiger partial charge in [0.25, 0.3) is 5.91 Å². The molecule has 6 nitrogen and oxygen atoms in total. The number of nitrogens with zero attached hydrogens (tertiary/aromatic N) is 1. The number of methoxy groups -OCH3 is 1. The summed E-state index contributed by atoms with van der Waals surface area (Å²) in [5, 5.41) is 24.3. The third-order valence-electron chi connectivity index (χ3n) is 3.80. The predicted octanol–water partition coefficient (Wildman–Crippen LogP) is 2.89. The number of hydrogen-bond donors (Lipinski definition) is 3. The largest absolute Gasteiger partial charge is 0.508 e. The molecule has 0 bridgehead atoms. The molecule has 0 heterocycles. The van der Waals surface area contributed by atoms with Gasteiger partial charge in [-0.15, -0.1) is 0 Å². The van der Waals surface area contributed by atoms with E-state index in [0.29, 0.717) is 24.2 Å². The van der Waals surface area contributed by atoms with Crippen molar-refractivity contribution in [2.24, 2.45) is 0 Å². The van der Waals surface area contributed by atoms with Crippen LogP contribution in [0.15, 0.2) is 54.2 Å². The van der Waals surface area contributed by atoms with Crippen LogP contribution < -0.4 is 15.4 Å². The van der Waals surface area contributed by atoms with Crippen molar-refractivity contribution in [2.75, 3.05) is 19.0 Å². The fourth-order valence-electron chi connectivity index (χ4n) is 2.42. The summed E-state index contributed by atoms with van der Waals surface area (Å²) in [5.41, 5.74) is 2.26. The third-order valence-corrected chi connectivity index (χ3v) is 3.80. The quantitative estimate of drug-likeness (QED) is 0.309. The van der Waals surface area contributed by atoms with Gasteiger partial charge in [-0.25, -0.2) is 0 Å². The molecular formula is C20H21N3O3. The molecule has 0 aliphatic carbocycles. The standard InChI is InChI=1S/C20H21N3O3/c1-14-11-17(24)7-8-18(14)23-20(25)16(12-21)13-22-10-9-15-5-3-4-6-19(15)26-2/h3-8,11,13,22,24H,9-10H2,1-2H3,(H,23,25)/b16-13-. The average molecular weight is 351 g/mol. The van der Waals surface area contributed by atoms with E-state index in [9.17, 15) is 15.2 Å². The summed E-state index contributed by atoms with van der Waals surface area (Å²) in [5.74, 6) is 0.417. The molecular weight excluding hydrogens is 330 g/mol. The van der Waals surface area contributed by atoms with Crippen LogP contribution in [-0.2, 0) is 11.2 Å². The van der Waals surface area contributed by atoms with E-state index in [1.54, 1.807) is 20.1 Å². The summed E-state index contributed by atoms with van der Waals surface area (Å²) in [6, 6.07) is 14.2. The van der Waals surface area contributed by atoms with Gasteiger partial charge >= 0.3 is 0 Å². The summed E-state index contributed by atoms with van der Waals surface area (Å²) in [6.07, 6.45) is 2.10. The molecule has 2 rings (SSSR count). The fourth-order valence-corrected chi connectivity index (χ4v) is 2.42. The van der Waals surface area contributed by atoms with E-state index in [-0.39, 0.29) is 11.3 Å². The highest BCUT2D eigenvalue weighted by Crippen LogP contribution is 2.20. The van der Waals surface area contributed by atoms with Crippen molar-refractivity contribution in [3.63, 3.8) is 0 Å². The molecule has 0 spiro atoms. The number of hydrogen-bond acceptors (Lipinski definition) is 5. The molecule has 3 N–H and O–H groups in total. The second-order valence-electron chi connectivity index (χ2n) is 5.64. The molecule has 134 valence electrons. The summed E-state index contributed by atoms with van der Waals surface area (Å²) in [7, 11) is 1.62. The molecule has 0 fully saturated rings. The van der Waals surface area contributed by atoms with Crippen LogP contribution in [0.4, 0.5) is 5.69 Å². The summed E-state index contributed by atoms with van der Waals surface area (Å²) >= 11 is 0. The van der Waals surface area contributed by atoms with Gasteiger partial charge < -0.3 is 20.5 Å². The van der Waals surface area contributed by atoms with Gasteiger partial charge in [-0.1, -0.05) is 18.2 Å². The number of nitriles is 1. The lowest BCUT2D eigenvalue weighted by atomic mass is 10.1. The van der Waals surface area contributed by atoms with Crippen LogP contribution in [-0.4, -0.2) is 24.7 Å². The van der Waals surface area contributed by atoms with E-state index < -0.39 is 5.91 Å². The fraction of sp³-hybridized carbons (Fsp3) is 0.200. The highest BCUT2D eigenvalue weighted by molar-refractivity contribution is 6.06. The van der Waals surface area contributed by atoms with E-state index in [2.05, 4.69) is 10.6 Å². The number of phenolic OH excluding ortho intramolecular Hbond substituents is 1. The van der Waals surface area contributed by atoms with Gasteiger partial charge in [0.2, 0.25) is 0 Å². The minimum atomic E-state index is -0.508. The third kappa shape index (κ3) is 5.02. The van der Waals surface area contributed by atoms with Crippen LogP contribution in [0.5, 0.6) is 11.5 Å². The molecule has 2 aromatic rings. The van der Waals surface area contributed by atoms with Crippen molar-refractivity contribution < 1.29 is 14.6 Å². The van der Waals surface area contributed by atoms with Gasteiger partial charge in [0, 0.05) is 18.4 Å². The van der Waals surface area contributed by atoms with Crippen LogP contribution in [0.1, 0.15) is 11.1 Å². The Kier molecular flexibility index (Phi) is 6.63. The zero-order chi connectivity index (χ0) is 18.9. The van der Waals surface area contributed by atoms with E-state index in [0.717, 1.165) is 11.3 Å². The van der Waals surface area contributed by atoms with Crippen LogP contribution in [0.2, 0.25) is 0 Å². The van der Waals surface area contributed by atoms with Crippen LogP contribution in [0.3, 0.4) is 0 Å². The number of carbonyl (C=O) groups excluding carboxylic acids is 1. The molecule has 2 aromatic carbocycles. The Morgan fingerprint density at radius 2 is 2.08 bits per heavy atom. The molecule has 6 heteroatoms. The molecule has 0 aromatic heterocycles. The van der Waals surface area contributed by atoms with Gasteiger partial charge in [-0.3, -0.25) is 4.79 Å². The van der Waals surface area contributed by atoms with Crippen molar-refractivity contribution in [3.8, 4) is 17.6 Å². The Labute approximate surface area is 152 Å². The minimum absolute atomic E-state index is 0.0301. The molecule has 0 aliphatic heterocycles. The Balaban J connectivity index is 1.94. The molecule has 0 saturated heterocycles. The number of ether oxygens (including phenoxy) is 1. The van der Waals surface area contributed by atoms with E-state index in [1.807, 2.05) is 30.3 Å². The Hall–Kier alpha value is -3.46. The second-order valence-corrected chi connectivity index (χ2v) is 5.64. The highest BCUT2D eigenvalue weighted by Gasteiger charge is 2.11. The maximum Gasteiger partial charge on any atom is 0.267 e. The van der Waals surface area contributed by atoms with E-state index in [4.69, 9.17) is 4.74 Å². The van der Waals surface area contributed by atoms with Crippen molar-refractivity contribution in [2.45, 2.75) is 13.3 Å². The van der Waals surface area contributed by atoms with Crippen molar-refractivity contribution in [1.29, 1.82) is 5.26 Å². The number of para-hydroxylation sites is 1. The smallest absolute Gasteiger partial charge is 0.267 e. The van der Waals surface area contributed by atoms with Crippen molar-refractivity contribution >= 4 is 11.6 Å². The predicted molar refractivity (Wildman–Crippen MR) is 99.9 cm³/mol. The monoisotopic (exact) mass is 351 g/mol. The Morgan fingerprint density at radius 1 is 1.31 bits per heavy atom. The molecule has 0 saturated carbocycles. The average Bonchev–Trinajstić information content (AvgIpc) is 2.64. The van der Waals surface area contributed by atoms with Crippen molar-refractivity contribution in [1.82, 2.24) is 5.32 Å². The number of amides is 1. The van der Waals surface area contributed by atoms with Crippen LogP contribution >= 0.6 is 0 Å². The normalized spacial score (nSPS) is 10.7. The first-order chi connectivity index (χ1) is 12.5. The maximum absolute atomic E-state index is 12.2. The number of nitrogens with one attached hydrogen (secondary N) is 2. The molecule has 0 aliphatic rings. The molecule has 0 unspecified atom stereocenters. The highest BCUT2D eigenvalue weighted by atomic mass is 16.5. The molecule has 26 heavy (non-hydrogen) atoms. The minimum Gasteiger partial charge on any atom is -0.508 e. The van der Waals surface area contributed by atoms with Gasteiger partial charge in [-0.2, -0.15) is 5.26 Å². The van der Waals surface area contributed by atoms with Crippen LogP contribution in [0.25, 0.3) is 0 Å². The number of rotatable bonds is 7. The zero-order valence-electron chi connectivity index (χ0n) is 14.7. The Morgan fingerprint density at radius 3 is 2.77 bits per heavy atom. The Bertz CT molecular complexity index is 854. The number of carbonyl (C=O) groups is 1. The zero-order valence-corrected chi connectivity index (χ0v) is 14.7. The summed E-state index contributed by atoms with van der Waals surface area (Å²) in [6.45, 7) is 2.31. The lowest BCUT2D eigenvalue weighted by Gasteiger charge is -2.09. The number of phenols is 1. The molecule has 0 radical (unpaired) electrons. The van der Waals surface area contributed by atoms with Gasteiger partial charge in [0.1, 0.15) is 23.1 Å². The topological polar surface area (TPSA) is 94.4 Å². The van der Waals surface area contributed by atoms with Crippen molar-refractivity contribution in [3.05, 3.63) is 65.4 Å². The molecule has 0 atom stereocenters. The number of anilines is 1. The first kappa shape index (κ1) is 18.9. The van der Waals surface area contributed by atoms with Crippen LogP contribution in [0, 0.1) is 18.3 Å². The van der Waals surface area contributed by atoms with E-state index in [1.165, 1.54) is 18.3 Å². The first-order valence-corrected chi connectivity index (χ1v) is 8.11. The SMILES string of the molecule is COc1ccccc1CCN/C=C(/C#N)C(=O)Nc1ccc(O)cc1C. The summed E-state index contributed by atoms with van der Waals surface area (Å²) < 4.78 is 5.29. The number of aromatic hydroxyl groups is 1.